The number of phosphoric ester groups is 1. The van der Waals surface area contributed by atoms with Crippen LogP contribution in [-0.2, 0) is 18.3 Å². The summed E-state index contributed by atoms with van der Waals surface area (Å²) in [6.45, 7) is 7.88. The number of hydrogen-bond acceptors (Lipinski definition) is 4. The molecule has 0 aliphatic rings. The Morgan fingerprint density at radius 3 is 2.20 bits per heavy atom. The summed E-state index contributed by atoms with van der Waals surface area (Å²) < 4.78 is 25.9. The van der Waals surface area contributed by atoms with Crippen LogP contribution in [0.25, 0.3) is 0 Å². The normalized spacial score (nSPS) is 15.9. The Labute approximate surface area is 91.3 Å². The minimum Gasteiger partial charge on any atom is -0.379 e. The van der Waals surface area contributed by atoms with Crippen molar-refractivity contribution in [2.75, 3.05) is 13.2 Å². The zero-order chi connectivity index (χ0) is 11.9. The number of rotatable bonds is 8. The van der Waals surface area contributed by atoms with Gasteiger partial charge in [-0.1, -0.05) is 0 Å². The minimum absolute atomic E-state index is 0.160. The van der Waals surface area contributed by atoms with Crippen LogP contribution in [-0.4, -0.2) is 30.3 Å². The Kier molecular flexibility index (Phi) is 7.40. The Balaban J connectivity index is 3.53. The van der Waals surface area contributed by atoms with Crippen molar-refractivity contribution in [1.29, 1.82) is 0 Å². The molecule has 15 heavy (non-hydrogen) atoms. The first-order chi connectivity index (χ1) is 6.83. The van der Waals surface area contributed by atoms with E-state index >= 15 is 0 Å². The minimum atomic E-state index is -3.87. The molecule has 0 saturated carbocycles. The average molecular weight is 240 g/mol. The fraction of sp³-hybridized carbons (Fsp3) is 1.00. The maximum absolute atomic E-state index is 11.2. The molecule has 0 aromatic heterocycles. The van der Waals surface area contributed by atoms with Crippen molar-refractivity contribution < 1.29 is 23.2 Å². The molecular formula is C9H21O5P. The topological polar surface area (TPSA) is 65.0 Å². The summed E-state index contributed by atoms with van der Waals surface area (Å²) in [4.78, 5) is 9.16. The van der Waals surface area contributed by atoms with Crippen molar-refractivity contribution in [2.24, 2.45) is 0 Å². The number of hydrogen-bond donors (Lipinski definition) is 1. The summed E-state index contributed by atoms with van der Waals surface area (Å²) in [6.07, 6.45) is 0.412. The van der Waals surface area contributed by atoms with E-state index in [0.717, 1.165) is 0 Å². The monoisotopic (exact) mass is 240 g/mol. The zero-order valence-electron chi connectivity index (χ0n) is 9.80. The van der Waals surface area contributed by atoms with Gasteiger partial charge in [0, 0.05) is 6.61 Å². The molecule has 0 aliphatic heterocycles. The second-order valence-corrected chi connectivity index (χ2v) is 5.14. The average Bonchev–Trinajstić information content (AvgIpc) is 1.99. The highest BCUT2D eigenvalue weighted by molar-refractivity contribution is 7.47. The van der Waals surface area contributed by atoms with Gasteiger partial charge >= 0.3 is 7.82 Å². The molecule has 0 aliphatic carbocycles. The molecule has 1 unspecified atom stereocenters. The largest absolute Gasteiger partial charge is 0.472 e. The lowest BCUT2D eigenvalue weighted by Crippen LogP contribution is -2.07. The van der Waals surface area contributed by atoms with E-state index in [1.165, 1.54) is 0 Å². The highest BCUT2D eigenvalue weighted by atomic mass is 31.2. The highest BCUT2D eigenvalue weighted by Gasteiger charge is 2.21. The van der Waals surface area contributed by atoms with Gasteiger partial charge in [-0.15, -0.1) is 0 Å². The standard InChI is InChI=1S/C9H21O5P/c1-8(2)12-6-5-7-13-15(10,11)14-9(3)4/h8-9H,5-7H2,1-4H3,(H,10,11). The summed E-state index contributed by atoms with van der Waals surface area (Å²) >= 11 is 0. The third-order valence-electron chi connectivity index (χ3n) is 1.34. The van der Waals surface area contributed by atoms with Gasteiger partial charge in [0.15, 0.2) is 0 Å². The van der Waals surface area contributed by atoms with Crippen molar-refractivity contribution in [2.45, 2.75) is 46.3 Å². The van der Waals surface area contributed by atoms with Gasteiger partial charge in [-0.3, -0.25) is 9.05 Å². The summed E-state index contributed by atoms with van der Waals surface area (Å²) in [5.41, 5.74) is 0. The Morgan fingerprint density at radius 1 is 1.13 bits per heavy atom. The Bertz CT molecular complexity index is 205. The molecule has 6 heteroatoms. The van der Waals surface area contributed by atoms with E-state index in [4.69, 9.17) is 18.7 Å². The first-order valence-electron chi connectivity index (χ1n) is 5.11. The maximum atomic E-state index is 11.2. The van der Waals surface area contributed by atoms with Crippen molar-refractivity contribution in [3.8, 4) is 0 Å². The molecule has 0 amide bonds. The van der Waals surface area contributed by atoms with Gasteiger partial charge in [-0.05, 0) is 34.1 Å². The van der Waals surface area contributed by atoms with Gasteiger partial charge in [-0.25, -0.2) is 4.57 Å². The molecule has 0 spiro atoms. The highest BCUT2D eigenvalue weighted by Crippen LogP contribution is 2.44. The van der Waals surface area contributed by atoms with E-state index in [2.05, 4.69) is 0 Å². The Hall–Kier alpha value is 0.0700. The van der Waals surface area contributed by atoms with Crippen LogP contribution in [0.2, 0.25) is 0 Å². The van der Waals surface area contributed by atoms with Crippen molar-refractivity contribution in [3.05, 3.63) is 0 Å². The van der Waals surface area contributed by atoms with E-state index in [1.807, 2.05) is 13.8 Å². The Morgan fingerprint density at radius 2 is 1.73 bits per heavy atom. The number of ether oxygens (including phenoxy) is 1. The fourth-order valence-corrected chi connectivity index (χ4v) is 1.81. The predicted octanol–water partition coefficient (Wildman–Crippen LogP) is 2.34. The van der Waals surface area contributed by atoms with Gasteiger partial charge < -0.3 is 9.63 Å². The first-order valence-corrected chi connectivity index (χ1v) is 6.60. The van der Waals surface area contributed by atoms with E-state index in [-0.39, 0.29) is 18.8 Å². The third-order valence-corrected chi connectivity index (χ3v) is 2.54. The molecule has 92 valence electrons. The fourth-order valence-electron chi connectivity index (χ4n) is 0.855. The lowest BCUT2D eigenvalue weighted by molar-refractivity contribution is 0.0615. The third kappa shape index (κ3) is 10.4. The molecule has 0 aromatic carbocycles. The van der Waals surface area contributed by atoms with E-state index in [9.17, 15) is 4.57 Å². The quantitative estimate of drug-likeness (QED) is 0.521. The summed E-state index contributed by atoms with van der Waals surface area (Å²) in [5, 5.41) is 0. The molecule has 0 rings (SSSR count). The molecule has 5 nitrogen and oxygen atoms in total. The van der Waals surface area contributed by atoms with E-state index in [0.29, 0.717) is 13.0 Å². The predicted molar refractivity (Wildman–Crippen MR) is 57.7 cm³/mol. The molecule has 1 N–H and O–H groups in total. The summed E-state index contributed by atoms with van der Waals surface area (Å²) in [5.74, 6) is 0. The molecule has 1 atom stereocenters. The molecule has 0 heterocycles. The second kappa shape index (κ2) is 7.36. The smallest absolute Gasteiger partial charge is 0.379 e. The van der Waals surface area contributed by atoms with Crippen LogP contribution in [0, 0.1) is 0 Å². The molecule has 0 fully saturated rings. The molecule has 0 bridgehead atoms. The number of phosphoric acid groups is 1. The van der Waals surface area contributed by atoms with Crippen molar-refractivity contribution in [3.63, 3.8) is 0 Å². The summed E-state index contributed by atoms with van der Waals surface area (Å²) in [6, 6.07) is 0. The maximum Gasteiger partial charge on any atom is 0.472 e. The van der Waals surface area contributed by atoms with Crippen LogP contribution in [0.4, 0.5) is 0 Å². The van der Waals surface area contributed by atoms with E-state index < -0.39 is 7.82 Å². The van der Waals surface area contributed by atoms with Crippen LogP contribution in [0.1, 0.15) is 34.1 Å². The van der Waals surface area contributed by atoms with Gasteiger partial charge in [0.2, 0.25) is 0 Å². The van der Waals surface area contributed by atoms with Crippen LogP contribution in [0.15, 0.2) is 0 Å². The first kappa shape index (κ1) is 15.1. The van der Waals surface area contributed by atoms with Gasteiger partial charge in [0.25, 0.3) is 0 Å². The van der Waals surface area contributed by atoms with Gasteiger partial charge in [0.1, 0.15) is 0 Å². The van der Waals surface area contributed by atoms with Gasteiger partial charge in [-0.2, -0.15) is 0 Å². The molecule has 0 radical (unpaired) electrons. The van der Waals surface area contributed by atoms with Crippen LogP contribution >= 0.6 is 7.82 Å². The molecule has 0 saturated heterocycles. The second-order valence-electron chi connectivity index (χ2n) is 3.73. The van der Waals surface area contributed by atoms with E-state index in [1.54, 1.807) is 13.8 Å². The summed E-state index contributed by atoms with van der Waals surface area (Å²) in [7, 11) is -3.87. The lowest BCUT2D eigenvalue weighted by atomic mass is 10.4. The SMILES string of the molecule is CC(C)OCCCOP(=O)(O)OC(C)C. The van der Waals surface area contributed by atoms with Gasteiger partial charge in [0.05, 0.1) is 18.8 Å². The molecule has 0 aromatic rings. The van der Waals surface area contributed by atoms with Crippen LogP contribution in [0.3, 0.4) is 0 Å². The van der Waals surface area contributed by atoms with Crippen LogP contribution < -0.4 is 0 Å². The van der Waals surface area contributed by atoms with Crippen molar-refractivity contribution >= 4 is 7.82 Å². The zero-order valence-corrected chi connectivity index (χ0v) is 10.7. The lowest BCUT2D eigenvalue weighted by Gasteiger charge is -2.14. The van der Waals surface area contributed by atoms with Crippen molar-refractivity contribution in [1.82, 2.24) is 0 Å². The molecular weight excluding hydrogens is 219 g/mol. The van der Waals surface area contributed by atoms with Crippen LogP contribution in [0.5, 0.6) is 0 Å².